The van der Waals surface area contributed by atoms with Gasteiger partial charge in [-0.25, -0.2) is 0 Å². The maximum absolute atomic E-state index is 12.7. The first-order valence-corrected chi connectivity index (χ1v) is 10.1. The van der Waals surface area contributed by atoms with E-state index in [2.05, 4.69) is 27.6 Å². The second kappa shape index (κ2) is 8.72. The molecule has 2 aromatic carbocycles. The number of carbonyl (C=O) groups is 1. The molecule has 1 aromatic heterocycles. The van der Waals surface area contributed by atoms with E-state index in [0.717, 1.165) is 9.09 Å². The largest absolute Gasteiger partial charge is 0.380 e. The van der Waals surface area contributed by atoms with Gasteiger partial charge in [0.1, 0.15) is 0 Å². The molecule has 1 amide bonds. The predicted molar refractivity (Wildman–Crippen MR) is 112 cm³/mol. The zero-order valence-corrected chi connectivity index (χ0v) is 17.4. The molecule has 140 valence electrons. The molecule has 0 aliphatic rings. The monoisotopic (exact) mass is 497 g/mol. The van der Waals surface area contributed by atoms with Gasteiger partial charge in [-0.1, -0.05) is 23.5 Å². The number of hydrogen-bond acceptors (Lipinski definition) is 5. The number of amides is 1. The fourth-order valence-electron chi connectivity index (χ4n) is 2.56. The number of hydrogen-bond donors (Lipinski definition) is 0. The second-order valence-electron chi connectivity index (χ2n) is 5.54. The molecule has 0 aliphatic heterocycles. The summed E-state index contributed by atoms with van der Waals surface area (Å²) in [5, 5.41) is 11.1. The minimum absolute atomic E-state index is 0.0104. The van der Waals surface area contributed by atoms with Crippen molar-refractivity contribution in [1.29, 1.82) is 0 Å². The van der Waals surface area contributed by atoms with Crippen LogP contribution in [-0.2, 0) is 11.3 Å². The smallest absolute Gasteiger partial charge is 0.280 e. The number of rotatable bonds is 6. The van der Waals surface area contributed by atoms with Crippen LogP contribution in [0.15, 0.2) is 47.5 Å². The van der Waals surface area contributed by atoms with Crippen molar-refractivity contribution in [3.63, 3.8) is 0 Å². The van der Waals surface area contributed by atoms with E-state index in [9.17, 15) is 14.9 Å². The van der Waals surface area contributed by atoms with Crippen LogP contribution >= 0.6 is 33.9 Å². The van der Waals surface area contributed by atoms with Gasteiger partial charge in [0.15, 0.2) is 4.80 Å². The van der Waals surface area contributed by atoms with Gasteiger partial charge in [0.05, 0.1) is 27.3 Å². The zero-order chi connectivity index (χ0) is 19.4. The average Bonchev–Trinajstić information content (AvgIpc) is 2.98. The Morgan fingerprint density at radius 1 is 1.33 bits per heavy atom. The molecule has 0 fully saturated rings. The number of nitrogens with zero attached hydrogens (tertiary/aromatic N) is 3. The Balaban J connectivity index is 2.11. The number of carbonyl (C=O) groups excluding carboxylic acids is 1. The number of nitro benzene ring substituents is 1. The summed E-state index contributed by atoms with van der Waals surface area (Å²) in [7, 11) is 0. The highest BCUT2D eigenvalue weighted by molar-refractivity contribution is 14.1. The number of halogens is 1. The van der Waals surface area contributed by atoms with E-state index >= 15 is 0 Å². The lowest BCUT2D eigenvalue weighted by Crippen LogP contribution is -2.20. The van der Waals surface area contributed by atoms with E-state index in [1.165, 1.54) is 23.5 Å². The van der Waals surface area contributed by atoms with Crippen molar-refractivity contribution in [3.05, 3.63) is 66.5 Å². The maximum Gasteiger partial charge on any atom is 0.280 e. The third-order valence-electron chi connectivity index (χ3n) is 3.84. The van der Waals surface area contributed by atoms with Crippen LogP contribution in [0.2, 0.25) is 0 Å². The molecule has 0 radical (unpaired) electrons. The maximum atomic E-state index is 12.7. The topological polar surface area (TPSA) is 86.7 Å². The number of ether oxygens (including phenoxy) is 1. The number of benzene rings is 2. The Labute approximate surface area is 172 Å². The average molecular weight is 497 g/mol. The van der Waals surface area contributed by atoms with Crippen molar-refractivity contribution >= 4 is 55.7 Å². The molecule has 0 saturated carbocycles. The van der Waals surface area contributed by atoms with Gasteiger partial charge < -0.3 is 9.30 Å². The predicted octanol–water partition coefficient (Wildman–Crippen LogP) is 3.99. The fraction of sp³-hybridized carbons (Fsp3) is 0.222. The minimum Gasteiger partial charge on any atom is -0.380 e. The van der Waals surface area contributed by atoms with Gasteiger partial charge in [0, 0.05) is 28.9 Å². The summed E-state index contributed by atoms with van der Waals surface area (Å²) >= 11 is 3.36. The summed E-state index contributed by atoms with van der Waals surface area (Å²) in [6.45, 7) is 3.46. The highest BCUT2D eigenvalue weighted by atomic mass is 127. The first-order valence-electron chi connectivity index (χ1n) is 8.20. The summed E-state index contributed by atoms with van der Waals surface area (Å²) < 4.78 is 8.82. The lowest BCUT2D eigenvalue weighted by Gasteiger charge is -2.05. The number of thiazole rings is 1. The third kappa shape index (κ3) is 4.42. The van der Waals surface area contributed by atoms with Gasteiger partial charge in [0.2, 0.25) is 0 Å². The van der Waals surface area contributed by atoms with Gasteiger partial charge in [-0.3, -0.25) is 14.9 Å². The third-order valence-corrected chi connectivity index (χ3v) is 5.82. The minimum atomic E-state index is -0.433. The van der Waals surface area contributed by atoms with Crippen LogP contribution in [0.4, 0.5) is 5.69 Å². The van der Waals surface area contributed by atoms with Gasteiger partial charge in [-0.05, 0) is 47.7 Å². The van der Waals surface area contributed by atoms with Crippen LogP contribution in [0, 0.1) is 13.7 Å². The molecule has 9 heteroatoms. The summed E-state index contributed by atoms with van der Waals surface area (Å²) in [6.07, 6.45) is 0. The van der Waals surface area contributed by atoms with E-state index < -0.39 is 4.92 Å². The molecular weight excluding hydrogens is 481 g/mol. The molecule has 0 atom stereocenters. The van der Waals surface area contributed by atoms with Gasteiger partial charge in [-0.2, -0.15) is 4.99 Å². The molecule has 1 heterocycles. The number of nitro groups is 1. The highest BCUT2D eigenvalue weighted by Crippen LogP contribution is 2.23. The van der Waals surface area contributed by atoms with Crippen molar-refractivity contribution in [3.8, 4) is 0 Å². The quantitative estimate of drug-likeness (QED) is 0.223. The van der Waals surface area contributed by atoms with E-state index in [1.807, 2.05) is 23.6 Å². The molecule has 0 spiro atoms. The molecule has 0 saturated heterocycles. The van der Waals surface area contributed by atoms with Gasteiger partial charge in [0.25, 0.3) is 11.6 Å². The van der Waals surface area contributed by atoms with E-state index in [0.29, 0.717) is 34.8 Å². The van der Waals surface area contributed by atoms with Crippen LogP contribution in [0.1, 0.15) is 17.3 Å². The Bertz CT molecular complexity index is 1070. The van der Waals surface area contributed by atoms with E-state index in [1.54, 1.807) is 18.2 Å². The molecule has 0 N–H and O–H groups in total. The van der Waals surface area contributed by atoms with Crippen molar-refractivity contribution < 1.29 is 14.5 Å². The SMILES string of the molecule is CCOCCn1c(=NC(=O)c2ccccc2I)sc2cc([N+](=O)[O-])ccc21. The Morgan fingerprint density at radius 3 is 2.81 bits per heavy atom. The van der Waals surface area contributed by atoms with Crippen LogP contribution in [0.5, 0.6) is 0 Å². The standard InChI is InChI=1S/C18H16IN3O4S/c1-2-26-10-9-21-15-8-7-12(22(24)25)11-16(15)27-18(21)20-17(23)13-5-3-4-6-14(13)19/h3-8,11H,2,9-10H2,1H3. The molecular formula is C18H16IN3O4S. The Kier molecular flexibility index (Phi) is 6.34. The van der Waals surface area contributed by atoms with Gasteiger partial charge >= 0.3 is 0 Å². The van der Waals surface area contributed by atoms with Gasteiger partial charge in [-0.15, -0.1) is 0 Å². The van der Waals surface area contributed by atoms with E-state index in [-0.39, 0.29) is 11.6 Å². The van der Waals surface area contributed by atoms with Crippen molar-refractivity contribution in [2.24, 2.45) is 4.99 Å². The lowest BCUT2D eigenvalue weighted by atomic mass is 10.2. The molecule has 0 bridgehead atoms. The summed E-state index contributed by atoms with van der Waals surface area (Å²) in [5.74, 6) is -0.341. The summed E-state index contributed by atoms with van der Waals surface area (Å²) in [4.78, 5) is 28.1. The summed E-state index contributed by atoms with van der Waals surface area (Å²) in [5.41, 5.74) is 1.33. The molecule has 27 heavy (non-hydrogen) atoms. The summed E-state index contributed by atoms with van der Waals surface area (Å²) in [6, 6.07) is 11.9. The Hall–Kier alpha value is -2.11. The second-order valence-corrected chi connectivity index (χ2v) is 7.71. The number of non-ortho nitro benzene ring substituents is 1. The Morgan fingerprint density at radius 2 is 2.11 bits per heavy atom. The molecule has 3 rings (SSSR count). The zero-order valence-electron chi connectivity index (χ0n) is 14.4. The normalized spacial score (nSPS) is 11.9. The molecule has 0 unspecified atom stereocenters. The highest BCUT2D eigenvalue weighted by Gasteiger charge is 2.14. The van der Waals surface area contributed by atoms with E-state index in [4.69, 9.17) is 4.74 Å². The molecule has 7 nitrogen and oxygen atoms in total. The molecule has 3 aromatic rings. The van der Waals surface area contributed by atoms with Crippen molar-refractivity contribution in [2.75, 3.05) is 13.2 Å². The lowest BCUT2D eigenvalue weighted by molar-refractivity contribution is -0.384. The van der Waals surface area contributed by atoms with Crippen molar-refractivity contribution in [2.45, 2.75) is 13.5 Å². The van der Waals surface area contributed by atoms with Crippen LogP contribution in [0.25, 0.3) is 10.2 Å². The first-order chi connectivity index (χ1) is 13.0. The van der Waals surface area contributed by atoms with Crippen LogP contribution < -0.4 is 4.80 Å². The number of aromatic nitrogens is 1. The fourth-order valence-corrected chi connectivity index (χ4v) is 4.26. The van der Waals surface area contributed by atoms with Crippen LogP contribution in [0.3, 0.4) is 0 Å². The first kappa shape index (κ1) is 19.6. The van der Waals surface area contributed by atoms with Crippen LogP contribution in [-0.4, -0.2) is 28.6 Å². The van der Waals surface area contributed by atoms with Crippen molar-refractivity contribution in [1.82, 2.24) is 4.57 Å². The number of fused-ring (bicyclic) bond motifs is 1. The molecule has 0 aliphatic carbocycles.